The average molecular weight is 236 g/mol. The van der Waals surface area contributed by atoms with Gasteiger partial charge in [-0.1, -0.05) is 24.3 Å². The first-order chi connectivity index (χ1) is 8.26. The number of benzene rings is 1. The Bertz CT molecular complexity index is 315. The molecule has 3 heteroatoms. The van der Waals surface area contributed by atoms with E-state index in [0.29, 0.717) is 13.2 Å². The first-order valence-corrected chi connectivity index (χ1v) is 6.33. The number of nitrogens with two attached hydrogens (primary N) is 1. The fourth-order valence-electron chi connectivity index (χ4n) is 1.92. The molecule has 0 radical (unpaired) electrons. The molecule has 0 saturated carbocycles. The molecule has 0 heterocycles. The van der Waals surface area contributed by atoms with Crippen LogP contribution in [0.25, 0.3) is 0 Å². The maximum Gasteiger partial charge on any atom is 0.0431 e. The van der Waals surface area contributed by atoms with E-state index in [1.54, 1.807) is 0 Å². The van der Waals surface area contributed by atoms with Crippen LogP contribution >= 0.6 is 0 Å². The molecular weight excluding hydrogens is 212 g/mol. The molecule has 0 atom stereocenters. The highest BCUT2D eigenvalue weighted by Gasteiger charge is 2.01. The maximum absolute atomic E-state index is 8.70. The van der Waals surface area contributed by atoms with Crippen molar-refractivity contribution in [3.8, 4) is 0 Å². The summed E-state index contributed by atoms with van der Waals surface area (Å²) in [6.07, 6.45) is 3.16. The van der Waals surface area contributed by atoms with Gasteiger partial charge in [0, 0.05) is 19.7 Å². The van der Waals surface area contributed by atoms with Crippen molar-refractivity contribution in [3.05, 3.63) is 35.4 Å². The summed E-state index contributed by atoms with van der Waals surface area (Å²) in [4.78, 5) is 2.31. The minimum Gasteiger partial charge on any atom is -0.396 e. The van der Waals surface area contributed by atoms with Crippen molar-refractivity contribution in [2.24, 2.45) is 5.73 Å². The zero-order valence-electron chi connectivity index (χ0n) is 10.7. The summed E-state index contributed by atoms with van der Waals surface area (Å²) in [7, 11) is 2.13. The summed E-state index contributed by atoms with van der Waals surface area (Å²) in [6.45, 7) is 2.95. The van der Waals surface area contributed by atoms with Crippen molar-refractivity contribution in [1.29, 1.82) is 0 Å². The molecular formula is C14H24N2O. The van der Waals surface area contributed by atoms with Crippen LogP contribution in [0, 0.1) is 0 Å². The Morgan fingerprint density at radius 2 is 1.94 bits per heavy atom. The van der Waals surface area contributed by atoms with E-state index in [-0.39, 0.29) is 0 Å². The van der Waals surface area contributed by atoms with Crippen LogP contribution in [-0.4, -0.2) is 30.2 Å². The minimum absolute atomic E-state index is 0.308. The van der Waals surface area contributed by atoms with Gasteiger partial charge >= 0.3 is 0 Å². The van der Waals surface area contributed by atoms with E-state index in [2.05, 4.69) is 36.2 Å². The molecule has 0 aliphatic rings. The summed E-state index contributed by atoms with van der Waals surface area (Å²) in [5.74, 6) is 0. The lowest BCUT2D eigenvalue weighted by atomic mass is 10.1. The molecule has 0 fully saturated rings. The molecule has 0 bridgehead atoms. The molecule has 1 rings (SSSR count). The van der Waals surface area contributed by atoms with Crippen molar-refractivity contribution >= 4 is 0 Å². The molecule has 1 aromatic carbocycles. The smallest absolute Gasteiger partial charge is 0.0431 e. The van der Waals surface area contributed by atoms with Gasteiger partial charge in [-0.3, -0.25) is 0 Å². The summed E-state index contributed by atoms with van der Waals surface area (Å²) < 4.78 is 0. The number of rotatable bonds is 8. The normalized spacial score (nSPS) is 11.1. The second kappa shape index (κ2) is 8.23. The summed E-state index contributed by atoms with van der Waals surface area (Å²) in [5, 5.41) is 8.70. The molecule has 0 spiro atoms. The number of aliphatic hydroxyl groups excluding tert-OH is 1. The van der Waals surface area contributed by atoms with Gasteiger partial charge in [0.05, 0.1) is 0 Å². The van der Waals surface area contributed by atoms with E-state index in [9.17, 15) is 0 Å². The molecule has 0 aliphatic heterocycles. The monoisotopic (exact) mass is 236 g/mol. The first kappa shape index (κ1) is 14.2. The van der Waals surface area contributed by atoms with Crippen molar-refractivity contribution < 1.29 is 5.11 Å². The molecule has 3 N–H and O–H groups in total. The van der Waals surface area contributed by atoms with E-state index in [0.717, 1.165) is 32.4 Å². The van der Waals surface area contributed by atoms with Crippen LogP contribution in [0.3, 0.4) is 0 Å². The van der Waals surface area contributed by atoms with Gasteiger partial charge < -0.3 is 15.7 Å². The van der Waals surface area contributed by atoms with Crippen LogP contribution < -0.4 is 5.73 Å². The number of hydrogen-bond donors (Lipinski definition) is 2. The molecule has 1 aromatic rings. The van der Waals surface area contributed by atoms with Gasteiger partial charge in [-0.15, -0.1) is 0 Å². The predicted molar refractivity (Wildman–Crippen MR) is 71.6 cm³/mol. The highest BCUT2D eigenvalue weighted by molar-refractivity contribution is 5.23. The number of nitrogens with zero attached hydrogens (tertiary/aromatic N) is 1. The molecule has 0 unspecified atom stereocenters. The van der Waals surface area contributed by atoms with Crippen LogP contribution in [0.2, 0.25) is 0 Å². The first-order valence-electron chi connectivity index (χ1n) is 6.33. The van der Waals surface area contributed by atoms with Crippen LogP contribution in [0.5, 0.6) is 0 Å². The standard InChI is InChI=1S/C14H24N2O/c1-16(8-3-2-4-9-17)12-14-7-5-6-13(10-14)11-15/h5-7,10,17H,2-4,8-9,11-12,15H2,1H3. The van der Waals surface area contributed by atoms with Crippen molar-refractivity contribution in [1.82, 2.24) is 4.90 Å². The third kappa shape index (κ3) is 5.82. The molecule has 0 aliphatic carbocycles. The van der Waals surface area contributed by atoms with Gasteiger partial charge in [0.1, 0.15) is 0 Å². The number of hydrogen-bond acceptors (Lipinski definition) is 3. The van der Waals surface area contributed by atoms with E-state index in [4.69, 9.17) is 10.8 Å². The Hall–Kier alpha value is -0.900. The van der Waals surface area contributed by atoms with Gasteiger partial charge in [-0.05, 0) is 44.0 Å². The molecule has 17 heavy (non-hydrogen) atoms. The van der Waals surface area contributed by atoms with Gasteiger partial charge in [0.25, 0.3) is 0 Å². The molecule has 0 aromatic heterocycles. The summed E-state index contributed by atoms with van der Waals surface area (Å²) in [6, 6.07) is 8.44. The zero-order valence-corrected chi connectivity index (χ0v) is 10.7. The Labute approximate surface area is 104 Å². The van der Waals surface area contributed by atoms with Crippen LogP contribution in [0.4, 0.5) is 0 Å². The second-order valence-corrected chi connectivity index (χ2v) is 4.55. The fraction of sp³-hybridized carbons (Fsp3) is 0.571. The molecule has 0 amide bonds. The van der Waals surface area contributed by atoms with E-state index in [1.165, 1.54) is 11.1 Å². The number of unbranched alkanes of at least 4 members (excludes halogenated alkanes) is 2. The van der Waals surface area contributed by atoms with Crippen molar-refractivity contribution in [2.75, 3.05) is 20.2 Å². The minimum atomic E-state index is 0.308. The lowest BCUT2D eigenvalue weighted by Gasteiger charge is -2.16. The van der Waals surface area contributed by atoms with E-state index >= 15 is 0 Å². The molecule has 0 saturated heterocycles. The second-order valence-electron chi connectivity index (χ2n) is 4.55. The van der Waals surface area contributed by atoms with Gasteiger partial charge in [0.15, 0.2) is 0 Å². The Kier molecular flexibility index (Phi) is 6.86. The third-order valence-corrected chi connectivity index (χ3v) is 2.88. The SMILES string of the molecule is CN(CCCCCO)Cc1cccc(CN)c1. The summed E-state index contributed by atoms with van der Waals surface area (Å²) in [5.41, 5.74) is 8.13. The van der Waals surface area contributed by atoms with Crippen molar-refractivity contribution in [2.45, 2.75) is 32.4 Å². The zero-order chi connectivity index (χ0) is 12.5. The summed E-state index contributed by atoms with van der Waals surface area (Å²) >= 11 is 0. The van der Waals surface area contributed by atoms with Gasteiger partial charge in [0.2, 0.25) is 0 Å². The fourth-order valence-corrected chi connectivity index (χ4v) is 1.92. The molecule has 96 valence electrons. The van der Waals surface area contributed by atoms with Crippen LogP contribution in [-0.2, 0) is 13.1 Å². The van der Waals surface area contributed by atoms with E-state index < -0.39 is 0 Å². The Morgan fingerprint density at radius 1 is 1.18 bits per heavy atom. The predicted octanol–water partition coefficient (Wildman–Crippen LogP) is 1.74. The third-order valence-electron chi connectivity index (χ3n) is 2.88. The molecule has 3 nitrogen and oxygen atoms in total. The van der Waals surface area contributed by atoms with E-state index in [1.807, 2.05) is 0 Å². The maximum atomic E-state index is 8.70. The van der Waals surface area contributed by atoms with Crippen LogP contribution in [0.1, 0.15) is 30.4 Å². The quantitative estimate of drug-likeness (QED) is 0.676. The lowest BCUT2D eigenvalue weighted by molar-refractivity contribution is 0.271. The average Bonchev–Trinajstić information content (AvgIpc) is 2.35. The number of aliphatic hydroxyl groups is 1. The lowest BCUT2D eigenvalue weighted by Crippen LogP contribution is -2.19. The van der Waals surface area contributed by atoms with Crippen LogP contribution in [0.15, 0.2) is 24.3 Å². The van der Waals surface area contributed by atoms with Gasteiger partial charge in [-0.2, -0.15) is 0 Å². The van der Waals surface area contributed by atoms with Gasteiger partial charge in [-0.25, -0.2) is 0 Å². The van der Waals surface area contributed by atoms with Crippen molar-refractivity contribution in [3.63, 3.8) is 0 Å². The largest absolute Gasteiger partial charge is 0.396 e. The highest BCUT2D eigenvalue weighted by Crippen LogP contribution is 2.08. The Balaban J connectivity index is 2.31. The Morgan fingerprint density at radius 3 is 2.65 bits per heavy atom. The highest BCUT2D eigenvalue weighted by atomic mass is 16.2. The topological polar surface area (TPSA) is 49.5 Å².